The molecule has 0 unspecified atom stereocenters. The fourth-order valence-electron chi connectivity index (χ4n) is 4.35. The zero-order valence-electron chi connectivity index (χ0n) is 15.3. The molecule has 0 atom stereocenters. The van der Waals surface area contributed by atoms with Gasteiger partial charge in [-0.25, -0.2) is 17.2 Å². The molecule has 146 valence electrons. The van der Waals surface area contributed by atoms with Gasteiger partial charge < -0.3 is 0 Å². The third-order valence-electron chi connectivity index (χ3n) is 5.73. The van der Waals surface area contributed by atoms with Crippen molar-refractivity contribution in [1.82, 2.24) is 14.1 Å². The summed E-state index contributed by atoms with van der Waals surface area (Å²) in [5.41, 5.74) is 3.09. The highest BCUT2D eigenvalue weighted by molar-refractivity contribution is 7.89. The largest absolute Gasteiger partial charge is 0.272 e. The standard InChI is InChI=1S/C19H23F2N3O2S/c1-23-19-8-4-7-15(19)18(22-23)12-24(13-5-2-3-6-13)27(25,26)14-9-10-16(20)17(21)11-14/h9-11,13H,2-8,12H2,1H3. The zero-order valence-corrected chi connectivity index (χ0v) is 16.1. The van der Waals surface area contributed by atoms with Gasteiger partial charge in [-0.3, -0.25) is 4.68 Å². The Labute approximate surface area is 158 Å². The zero-order chi connectivity index (χ0) is 19.2. The molecule has 8 heteroatoms. The Kier molecular flexibility index (Phi) is 4.80. The molecule has 1 aromatic heterocycles. The van der Waals surface area contributed by atoms with Crippen molar-refractivity contribution >= 4 is 10.0 Å². The van der Waals surface area contributed by atoms with Crippen molar-refractivity contribution in [2.45, 2.75) is 62.4 Å². The fourth-order valence-corrected chi connectivity index (χ4v) is 6.01. The number of aryl methyl sites for hydroxylation is 1. The van der Waals surface area contributed by atoms with Crippen molar-refractivity contribution in [3.05, 3.63) is 46.8 Å². The van der Waals surface area contributed by atoms with Crippen molar-refractivity contribution in [3.63, 3.8) is 0 Å². The SMILES string of the molecule is Cn1nc(CN(C2CCCC2)S(=O)(=O)c2ccc(F)c(F)c2)c2c1CCC2. The topological polar surface area (TPSA) is 55.2 Å². The smallest absolute Gasteiger partial charge is 0.243 e. The average molecular weight is 395 g/mol. The van der Waals surface area contributed by atoms with Gasteiger partial charge in [0.15, 0.2) is 11.6 Å². The third kappa shape index (κ3) is 3.29. The van der Waals surface area contributed by atoms with Gasteiger partial charge in [-0.05, 0) is 55.9 Å². The van der Waals surface area contributed by atoms with Crippen LogP contribution in [0.1, 0.15) is 49.1 Å². The molecule has 0 spiro atoms. The van der Waals surface area contributed by atoms with E-state index in [0.717, 1.165) is 74.4 Å². The summed E-state index contributed by atoms with van der Waals surface area (Å²) >= 11 is 0. The molecule has 0 aliphatic heterocycles. The van der Waals surface area contributed by atoms with Crippen molar-refractivity contribution < 1.29 is 17.2 Å². The minimum absolute atomic E-state index is 0.137. The summed E-state index contributed by atoms with van der Waals surface area (Å²) in [6.45, 7) is 0.176. The second kappa shape index (κ2) is 6.98. The molecule has 2 aliphatic rings. The lowest BCUT2D eigenvalue weighted by Crippen LogP contribution is -2.38. The van der Waals surface area contributed by atoms with E-state index in [4.69, 9.17) is 0 Å². The monoisotopic (exact) mass is 395 g/mol. The maximum absolute atomic E-state index is 13.7. The molecule has 4 rings (SSSR count). The van der Waals surface area contributed by atoms with Crippen LogP contribution in [0.3, 0.4) is 0 Å². The van der Waals surface area contributed by atoms with Crippen molar-refractivity contribution in [2.24, 2.45) is 7.05 Å². The van der Waals surface area contributed by atoms with Crippen molar-refractivity contribution in [2.75, 3.05) is 0 Å². The molecule has 0 amide bonds. The number of hydrogen-bond acceptors (Lipinski definition) is 3. The van der Waals surface area contributed by atoms with E-state index in [9.17, 15) is 17.2 Å². The molecule has 27 heavy (non-hydrogen) atoms. The minimum atomic E-state index is -3.95. The van der Waals surface area contributed by atoms with Crippen LogP contribution in [0, 0.1) is 11.6 Å². The molecule has 0 radical (unpaired) electrons. The van der Waals surface area contributed by atoms with Gasteiger partial charge in [0.1, 0.15) is 0 Å². The van der Waals surface area contributed by atoms with E-state index in [1.165, 1.54) is 10.00 Å². The molecule has 1 aromatic carbocycles. The van der Waals surface area contributed by atoms with Crippen LogP contribution in [0.5, 0.6) is 0 Å². The summed E-state index contributed by atoms with van der Waals surface area (Å²) in [7, 11) is -2.07. The molecule has 2 aliphatic carbocycles. The summed E-state index contributed by atoms with van der Waals surface area (Å²) in [6.07, 6.45) is 6.40. The van der Waals surface area contributed by atoms with E-state index >= 15 is 0 Å². The molecule has 2 aromatic rings. The van der Waals surface area contributed by atoms with E-state index in [-0.39, 0.29) is 17.5 Å². The molecular weight excluding hydrogens is 372 g/mol. The van der Waals surface area contributed by atoms with Gasteiger partial charge in [0.25, 0.3) is 0 Å². The first-order valence-corrected chi connectivity index (χ1v) is 10.8. The van der Waals surface area contributed by atoms with Gasteiger partial charge >= 0.3 is 0 Å². The first-order chi connectivity index (χ1) is 12.9. The van der Waals surface area contributed by atoms with Crippen LogP contribution in [-0.4, -0.2) is 28.5 Å². The average Bonchev–Trinajstić information content (AvgIpc) is 3.35. The Hall–Kier alpha value is -1.80. The molecule has 1 fully saturated rings. The Bertz CT molecular complexity index is 966. The van der Waals surface area contributed by atoms with Crippen LogP contribution in [0.2, 0.25) is 0 Å². The molecule has 0 bridgehead atoms. The van der Waals surface area contributed by atoms with E-state index in [2.05, 4.69) is 5.10 Å². The summed E-state index contributed by atoms with van der Waals surface area (Å²) in [5.74, 6) is -2.20. The molecule has 5 nitrogen and oxygen atoms in total. The summed E-state index contributed by atoms with van der Waals surface area (Å²) < 4.78 is 56.9. The molecule has 1 saturated carbocycles. The Balaban J connectivity index is 1.73. The fraction of sp³-hybridized carbons (Fsp3) is 0.526. The summed E-state index contributed by atoms with van der Waals surface area (Å²) in [6, 6.07) is 2.64. The van der Waals surface area contributed by atoms with Gasteiger partial charge in [-0.15, -0.1) is 0 Å². The van der Waals surface area contributed by atoms with Gasteiger partial charge in [-0.2, -0.15) is 9.40 Å². The normalized spacial score (nSPS) is 17.8. The maximum atomic E-state index is 13.7. The maximum Gasteiger partial charge on any atom is 0.243 e. The van der Waals surface area contributed by atoms with Gasteiger partial charge in [0, 0.05) is 18.8 Å². The Morgan fingerprint density at radius 2 is 1.89 bits per heavy atom. The number of nitrogens with zero attached hydrogens (tertiary/aromatic N) is 3. The summed E-state index contributed by atoms with van der Waals surface area (Å²) in [4.78, 5) is -0.208. The highest BCUT2D eigenvalue weighted by atomic mass is 32.2. The van der Waals surface area contributed by atoms with Gasteiger partial charge in [0.2, 0.25) is 10.0 Å². The number of fused-ring (bicyclic) bond motifs is 1. The number of hydrogen-bond donors (Lipinski definition) is 0. The summed E-state index contributed by atoms with van der Waals surface area (Å²) in [5, 5.41) is 4.56. The van der Waals surface area contributed by atoms with E-state index < -0.39 is 21.7 Å². The van der Waals surface area contributed by atoms with Crippen LogP contribution in [0.4, 0.5) is 8.78 Å². The number of sulfonamides is 1. The third-order valence-corrected chi connectivity index (χ3v) is 7.63. The highest BCUT2D eigenvalue weighted by Crippen LogP contribution is 2.33. The lowest BCUT2D eigenvalue weighted by atomic mass is 10.2. The highest BCUT2D eigenvalue weighted by Gasteiger charge is 2.35. The first kappa shape index (κ1) is 18.6. The number of rotatable bonds is 5. The quantitative estimate of drug-likeness (QED) is 0.780. The number of benzene rings is 1. The second-order valence-electron chi connectivity index (χ2n) is 7.41. The molecule has 0 saturated heterocycles. The van der Waals surface area contributed by atoms with Gasteiger partial charge in [0.05, 0.1) is 17.1 Å². The van der Waals surface area contributed by atoms with E-state index in [1.54, 1.807) is 0 Å². The van der Waals surface area contributed by atoms with Crippen molar-refractivity contribution in [1.29, 1.82) is 0 Å². The predicted molar refractivity (Wildman–Crippen MR) is 96.6 cm³/mol. The molecule has 1 heterocycles. The predicted octanol–water partition coefficient (Wildman–Crippen LogP) is 3.32. The van der Waals surface area contributed by atoms with Gasteiger partial charge in [-0.1, -0.05) is 12.8 Å². The van der Waals surface area contributed by atoms with Crippen LogP contribution < -0.4 is 0 Å². The Morgan fingerprint density at radius 1 is 1.15 bits per heavy atom. The molecular formula is C19H23F2N3O2S. The van der Waals surface area contributed by atoms with Crippen LogP contribution in [0.25, 0.3) is 0 Å². The Morgan fingerprint density at radius 3 is 2.59 bits per heavy atom. The van der Waals surface area contributed by atoms with E-state index in [0.29, 0.717) is 0 Å². The van der Waals surface area contributed by atoms with Crippen LogP contribution in [0.15, 0.2) is 23.1 Å². The molecule has 0 N–H and O–H groups in total. The van der Waals surface area contributed by atoms with E-state index in [1.807, 2.05) is 11.7 Å². The van der Waals surface area contributed by atoms with Crippen LogP contribution in [-0.2, 0) is 36.5 Å². The second-order valence-corrected chi connectivity index (χ2v) is 9.30. The lowest BCUT2D eigenvalue weighted by Gasteiger charge is -2.28. The number of halogens is 2. The lowest BCUT2D eigenvalue weighted by molar-refractivity contribution is 0.311. The van der Waals surface area contributed by atoms with Crippen LogP contribution >= 0.6 is 0 Å². The number of aromatic nitrogens is 2. The van der Waals surface area contributed by atoms with Crippen molar-refractivity contribution in [3.8, 4) is 0 Å². The minimum Gasteiger partial charge on any atom is -0.272 e. The first-order valence-electron chi connectivity index (χ1n) is 9.38.